The summed E-state index contributed by atoms with van der Waals surface area (Å²) in [5.74, 6) is -1.34. The fourth-order valence-electron chi connectivity index (χ4n) is 3.69. The van der Waals surface area contributed by atoms with Crippen LogP contribution in [0.1, 0.15) is 45.6 Å². The molecule has 25 heavy (non-hydrogen) atoms. The van der Waals surface area contributed by atoms with Gasteiger partial charge < -0.3 is 14.6 Å². The van der Waals surface area contributed by atoms with Gasteiger partial charge >= 0.3 is 35.5 Å². The Balaban J connectivity index is 0.00000312. The van der Waals surface area contributed by atoms with Gasteiger partial charge in [-0.05, 0) is 35.8 Å². The first-order valence-corrected chi connectivity index (χ1v) is 8.46. The van der Waals surface area contributed by atoms with Crippen molar-refractivity contribution in [2.75, 3.05) is 0 Å². The Bertz CT molecular complexity index is 609. The van der Waals surface area contributed by atoms with Crippen LogP contribution in [0.4, 0.5) is 0 Å². The maximum absolute atomic E-state index is 11.9. The molecular formula is C20H25NaO4. The first kappa shape index (κ1) is 21.9. The van der Waals surface area contributed by atoms with Crippen LogP contribution in [0.25, 0.3) is 0 Å². The normalized spacial score (nSPS) is 23.7. The van der Waals surface area contributed by atoms with E-state index in [1.54, 1.807) is 0 Å². The molecule has 3 unspecified atom stereocenters. The van der Waals surface area contributed by atoms with Crippen LogP contribution in [0.15, 0.2) is 42.5 Å². The van der Waals surface area contributed by atoms with Gasteiger partial charge in [-0.15, -0.1) is 0 Å². The molecule has 1 aliphatic rings. The number of ether oxygens (including phenoxy) is 1. The molecule has 0 radical (unpaired) electrons. The van der Waals surface area contributed by atoms with Gasteiger partial charge in [-0.3, -0.25) is 0 Å². The van der Waals surface area contributed by atoms with E-state index in [0.717, 1.165) is 25.3 Å². The Hall–Kier alpha value is -1.10. The van der Waals surface area contributed by atoms with Crippen molar-refractivity contribution >= 4 is 11.9 Å². The summed E-state index contributed by atoms with van der Waals surface area (Å²) in [4.78, 5) is 22.4. The summed E-state index contributed by atoms with van der Waals surface area (Å²) in [6.07, 6.45) is 4.30. The summed E-state index contributed by atoms with van der Waals surface area (Å²) in [5.41, 5.74) is 1.08. The minimum absolute atomic E-state index is 0. The van der Waals surface area contributed by atoms with Crippen LogP contribution < -0.4 is 34.7 Å². The van der Waals surface area contributed by atoms with Gasteiger partial charge in [-0.25, -0.2) is 4.79 Å². The second kappa shape index (κ2) is 9.56. The number of esters is 1. The SMILES string of the molecule is CC1CCC(C(C)(C)c2ccccc2)C(OC(=O)/C=C\C(=O)[O-])C1.[Na+]. The molecule has 0 aromatic heterocycles. The summed E-state index contributed by atoms with van der Waals surface area (Å²) in [7, 11) is 0. The van der Waals surface area contributed by atoms with Gasteiger partial charge in [0.2, 0.25) is 0 Å². The van der Waals surface area contributed by atoms with E-state index in [0.29, 0.717) is 12.0 Å². The molecule has 1 aliphatic carbocycles. The van der Waals surface area contributed by atoms with E-state index in [2.05, 4.69) is 32.9 Å². The van der Waals surface area contributed by atoms with E-state index in [4.69, 9.17) is 4.74 Å². The van der Waals surface area contributed by atoms with Gasteiger partial charge in [0.05, 0.1) is 5.97 Å². The molecule has 2 rings (SSSR count). The zero-order chi connectivity index (χ0) is 17.7. The molecule has 0 aliphatic heterocycles. The average Bonchev–Trinajstić information content (AvgIpc) is 2.53. The monoisotopic (exact) mass is 352 g/mol. The zero-order valence-corrected chi connectivity index (χ0v) is 17.5. The average molecular weight is 352 g/mol. The van der Waals surface area contributed by atoms with Gasteiger partial charge in [-0.2, -0.15) is 0 Å². The number of rotatable bonds is 5. The van der Waals surface area contributed by atoms with Crippen molar-refractivity contribution in [3.63, 3.8) is 0 Å². The van der Waals surface area contributed by atoms with E-state index < -0.39 is 11.9 Å². The number of carbonyl (C=O) groups excluding carboxylic acids is 2. The smallest absolute Gasteiger partial charge is 0.545 e. The Morgan fingerprint density at radius 1 is 1.16 bits per heavy atom. The Morgan fingerprint density at radius 3 is 2.40 bits per heavy atom. The number of carboxylic acid groups (broad SMARTS) is 1. The number of carboxylic acids is 1. The van der Waals surface area contributed by atoms with Crippen molar-refractivity contribution in [1.82, 2.24) is 0 Å². The van der Waals surface area contributed by atoms with E-state index in [1.165, 1.54) is 5.56 Å². The third-order valence-corrected chi connectivity index (χ3v) is 5.12. The molecule has 1 aromatic rings. The van der Waals surface area contributed by atoms with E-state index in [1.807, 2.05) is 18.2 Å². The third kappa shape index (κ3) is 5.98. The number of benzene rings is 1. The molecule has 1 aromatic carbocycles. The van der Waals surface area contributed by atoms with E-state index in [9.17, 15) is 14.7 Å². The van der Waals surface area contributed by atoms with Crippen molar-refractivity contribution in [3.8, 4) is 0 Å². The van der Waals surface area contributed by atoms with Crippen LogP contribution in [-0.4, -0.2) is 18.0 Å². The molecule has 0 amide bonds. The predicted octanol–water partition coefficient (Wildman–Crippen LogP) is -0.378. The first-order valence-electron chi connectivity index (χ1n) is 8.46. The maximum Gasteiger partial charge on any atom is 1.00 e. The van der Waals surface area contributed by atoms with Gasteiger partial charge in [0.15, 0.2) is 0 Å². The second-order valence-electron chi connectivity index (χ2n) is 7.24. The standard InChI is InChI=1S/C20H26O4.Na/c1-14-9-10-16(20(2,3)15-7-5-4-6-8-15)17(13-14)24-19(23)12-11-18(21)22;/h4-8,11-12,14,16-17H,9-10,13H2,1-3H3,(H,21,22);/q;+1/p-1/b12-11-;. The molecule has 1 fully saturated rings. The number of carbonyl (C=O) groups is 2. The number of aliphatic carboxylic acids is 1. The number of hydrogen-bond donors (Lipinski definition) is 0. The second-order valence-corrected chi connectivity index (χ2v) is 7.24. The van der Waals surface area contributed by atoms with Crippen molar-refractivity contribution in [2.24, 2.45) is 11.8 Å². The van der Waals surface area contributed by atoms with Gasteiger partial charge in [0, 0.05) is 12.0 Å². The fraction of sp³-hybridized carbons (Fsp3) is 0.500. The van der Waals surface area contributed by atoms with Crippen LogP contribution in [-0.2, 0) is 19.7 Å². The molecule has 0 spiro atoms. The summed E-state index contributed by atoms with van der Waals surface area (Å²) in [6, 6.07) is 10.2. The Labute approximate surface area is 171 Å². The maximum atomic E-state index is 11.9. The fourth-order valence-corrected chi connectivity index (χ4v) is 3.69. The minimum atomic E-state index is -1.40. The zero-order valence-electron chi connectivity index (χ0n) is 15.5. The van der Waals surface area contributed by atoms with Crippen molar-refractivity contribution in [2.45, 2.75) is 51.6 Å². The predicted molar refractivity (Wildman–Crippen MR) is 90.0 cm³/mol. The molecule has 5 heteroatoms. The quantitative estimate of drug-likeness (QED) is 0.412. The van der Waals surface area contributed by atoms with E-state index >= 15 is 0 Å². The van der Waals surface area contributed by atoms with Gasteiger partial charge in [0.1, 0.15) is 6.10 Å². The summed E-state index contributed by atoms with van der Waals surface area (Å²) >= 11 is 0. The molecule has 0 saturated heterocycles. The van der Waals surface area contributed by atoms with Crippen LogP contribution in [0.2, 0.25) is 0 Å². The molecule has 3 atom stereocenters. The van der Waals surface area contributed by atoms with Crippen LogP contribution in [0, 0.1) is 11.8 Å². The van der Waals surface area contributed by atoms with Crippen LogP contribution >= 0.6 is 0 Å². The molecule has 1 saturated carbocycles. The van der Waals surface area contributed by atoms with Gasteiger partial charge in [0.25, 0.3) is 0 Å². The van der Waals surface area contributed by atoms with Crippen molar-refractivity contribution in [1.29, 1.82) is 0 Å². The summed E-state index contributed by atoms with van der Waals surface area (Å²) in [5, 5.41) is 10.5. The van der Waals surface area contributed by atoms with Crippen molar-refractivity contribution in [3.05, 3.63) is 48.0 Å². The topological polar surface area (TPSA) is 66.4 Å². The number of hydrogen-bond acceptors (Lipinski definition) is 4. The summed E-state index contributed by atoms with van der Waals surface area (Å²) in [6.45, 7) is 6.52. The van der Waals surface area contributed by atoms with Crippen molar-refractivity contribution < 1.29 is 49.0 Å². The largest absolute Gasteiger partial charge is 1.00 e. The molecule has 0 N–H and O–H groups in total. The van der Waals surface area contributed by atoms with Crippen LogP contribution in [0.3, 0.4) is 0 Å². The molecule has 4 nitrogen and oxygen atoms in total. The summed E-state index contributed by atoms with van der Waals surface area (Å²) < 4.78 is 5.62. The molecule has 0 heterocycles. The Morgan fingerprint density at radius 2 is 1.80 bits per heavy atom. The van der Waals surface area contributed by atoms with Crippen LogP contribution in [0.5, 0.6) is 0 Å². The molecule has 0 bridgehead atoms. The minimum Gasteiger partial charge on any atom is -0.545 e. The van der Waals surface area contributed by atoms with Gasteiger partial charge in [-0.1, -0.05) is 57.5 Å². The Kier molecular flexibility index (Phi) is 8.39. The first-order chi connectivity index (χ1) is 11.3. The van der Waals surface area contributed by atoms with E-state index in [-0.39, 0.29) is 47.0 Å². The third-order valence-electron chi connectivity index (χ3n) is 5.12. The molecule has 130 valence electrons. The molecular weight excluding hydrogens is 327 g/mol.